The number of likely N-dealkylation sites (tertiary alicyclic amines) is 1. The fourth-order valence-corrected chi connectivity index (χ4v) is 5.12. The molecule has 3 aromatic heterocycles. The molecule has 3 aromatic rings. The first-order valence-corrected chi connectivity index (χ1v) is 14.0. The van der Waals surface area contributed by atoms with Crippen molar-refractivity contribution in [2.75, 3.05) is 38.0 Å². The lowest BCUT2D eigenvalue weighted by Gasteiger charge is -2.28. The number of rotatable bonds is 9. The van der Waals surface area contributed by atoms with E-state index >= 15 is 0 Å². The summed E-state index contributed by atoms with van der Waals surface area (Å²) in [6, 6.07) is 3.96. The van der Waals surface area contributed by atoms with Crippen LogP contribution in [0.15, 0.2) is 43.1 Å². The van der Waals surface area contributed by atoms with Crippen molar-refractivity contribution in [3.05, 3.63) is 48.1 Å². The summed E-state index contributed by atoms with van der Waals surface area (Å²) in [5.41, 5.74) is 1.81. The van der Waals surface area contributed by atoms with Gasteiger partial charge in [0, 0.05) is 36.1 Å². The van der Waals surface area contributed by atoms with Crippen LogP contribution in [0.25, 0.3) is 10.6 Å². The summed E-state index contributed by atoms with van der Waals surface area (Å²) >= 11 is 3.14. The molecule has 0 aromatic carbocycles. The van der Waals surface area contributed by atoms with E-state index < -0.39 is 0 Å². The number of aromatic nitrogens is 4. The summed E-state index contributed by atoms with van der Waals surface area (Å²) in [4.78, 5) is 32.1. The van der Waals surface area contributed by atoms with Gasteiger partial charge in [0.05, 0.1) is 23.9 Å². The molecule has 0 bridgehead atoms. The van der Waals surface area contributed by atoms with Gasteiger partial charge in [0.15, 0.2) is 5.01 Å². The largest absolute Gasteiger partial charge is 0.477 e. The lowest BCUT2D eigenvalue weighted by molar-refractivity contribution is 0.0938. The number of hydrogen-bond donors (Lipinski definition) is 2. The number of hydrogen-bond acceptors (Lipinski definition) is 10. The van der Waals surface area contributed by atoms with Gasteiger partial charge in [0.2, 0.25) is 5.88 Å². The summed E-state index contributed by atoms with van der Waals surface area (Å²) in [6.45, 7) is 5.33. The molecule has 5 rings (SSSR count). The molecule has 1 aliphatic heterocycles. The second kappa shape index (κ2) is 13.5. The third-order valence-corrected chi connectivity index (χ3v) is 7.97. The second-order valence-corrected chi connectivity index (χ2v) is 11.0. The number of piperidine rings is 1. The highest BCUT2D eigenvalue weighted by atomic mass is 32.2. The Kier molecular flexibility index (Phi) is 9.88. The summed E-state index contributed by atoms with van der Waals surface area (Å²) < 4.78 is 8.65. The van der Waals surface area contributed by atoms with E-state index in [1.165, 1.54) is 24.2 Å². The van der Waals surface area contributed by atoms with Crippen molar-refractivity contribution in [1.82, 2.24) is 30.2 Å². The molecule has 36 heavy (non-hydrogen) atoms. The topological polar surface area (TPSA) is 105 Å². The van der Waals surface area contributed by atoms with E-state index in [2.05, 4.69) is 41.9 Å². The lowest BCUT2D eigenvalue weighted by Crippen LogP contribution is -2.36. The predicted molar refractivity (Wildman–Crippen MR) is 145 cm³/mol. The Balaban J connectivity index is 0.000000229. The van der Waals surface area contributed by atoms with Gasteiger partial charge in [-0.1, -0.05) is 0 Å². The standard InChI is InChI=1S/C17H23N5O2S.C8H10N2S/c1-3-24-15-11-18-9-13(21-15)14-10-20-17(25-14)16(23)19-8-12-4-6-22(2)7-5-12;1-2-8(1)11-10-7-3-5-9-6-4-7/h9-12H,3-8H2,1-2H3,(H,19,23);3-6,8H,1-2H2,(H,9,10). The van der Waals surface area contributed by atoms with Gasteiger partial charge in [-0.25, -0.2) is 9.97 Å². The molecule has 0 spiro atoms. The van der Waals surface area contributed by atoms with Gasteiger partial charge in [-0.15, -0.1) is 11.3 Å². The van der Waals surface area contributed by atoms with E-state index in [0.717, 1.165) is 41.7 Å². The molecule has 1 aliphatic carbocycles. The van der Waals surface area contributed by atoms with Crippen molar-refractivity contribution in [2.24, 2.45) is 5.92 Å². The van der Waals surface area contributed by atoms with Crippen LogP contribution in [0.3, 0.4) is 0 Å². The number of pyridine rings is 1. The number of carbonyl (C=O) groups is 1. The number of amides is 1. The Morgan fingerprint density at radius 2 is 1.92 bits per heavy atom. The molecule has 192 valence electrons. The third-order valence-electron chi connectivity index (χ3n) is 5.79. The molecule has 2 N–H and O–H groups in total. The van der Waals surface area contributed by atoms with Crippen LogP contribution in [-0.2, 0) is 0 Å². The lowest BCUT2D eigenvalue weighted by atomic mass is 9.97. The average molecular weight is 528 g/mol. The Morgan fingerprint density at radius 3 is 2.64 bits per heavy atom. The quantitative estimate of drug-likeness (QED) is 0.392. The van der Waals surface area contributed by atoms with Gasteiger partial charge in [-0.05, 0) is 82.7 Å². The van der Waals surface area contributed by atoms with Crippen LogP contribution in [0.5, 0.6) is 5.88 Å². The number of nitrogens with zero attached hydrogens (tertiary/aromatic N) is 5. The van der Waals surface area contributed by atoms with Crippen molar-refractivity contribution in [3.63, 3.8) is 0 Å². The fraction of sp³-hybridized carbons (Fsp3) is 0.480. The van der Waals surface area contributed by atoms with E-state index in [-0.39, 0.29) is 5.91 Å². The van der Waals surface area contributed by atoms with Gasteiger partial charge in [-0.2, -0.15) is 0 Å². The van der Waals surface area contributed by atoms with Gasteiger partial charge >= 0.3 is 0 Å². The molecule has 0 radical (unpaired) electrons. The predicted octanol–water partition coefficient (Wildman–Crippen LogP) is 4.37. The zero-order valence-electron chi connectivity index (χ0n) is 20.7. The molecule has 11 heteroatoms. The minimum Gasteiger partial charge on any atom is -0.477 e. The van der Waals surface area contributed by atoms with Crippen LogP contribution in [0, 0.1) is 5.92 Å². The summed E-state index contributed by atoms with van der Waals surface area (Å²) in [6.07, 6.45) is 13.5. The molecule has 1 saturated carbocycles. The van der Waals surface area contributed by atoms with Gasteiger partial charge in [0.1, 0.15) is 5.69 Å². The van der Waals surface area contributed by atoms with Crippen LogP contribution in [0.2, 0.25) is 0 Å². The number of nitrogens with one attached hydrogen (secondary N) is 2. The van der Waals surface area contributed by atoms with Crippen molar-refractivity contribution in [2.45, 2.75) is 37.9 Å². The normalized spacial score (nSPS) is 16.1. The first kappa shape index (κ1) is 26.3. The number of carbonyl (C=O) groups excluding carboxylic acids is 1. The minimum absolute atomic E-state index is 0.121. The van der Waals surface area contributed by atoms with Crippen molar-refractivity contribution in [3.8, 4) is 16.5 Å². The highest BCUT2D eigenvalue weighted by molar-refractivity contribution is 8.01. The number of anilines is 1. The fourth-order valence-electron chi connectivity index (χ4n) is 3.52. The first-order chi connectivity index (χ1) is 17.6. The highest BCUT2D eigenvalue weighted by Crippen LogP contribution is 2.34. The third kappa shape index (κ3) is 8.42. The average Bonchev–Trinajstić information content (AvgIpc) is 3.61. The highest BCUT2D eigenvalue weighted by Gasteiger charge is 2.22. The Bertz CT molecular complexity index is 1090. The Morgan fingerprint density at radius 1 is 1.14 bits per heavy atom. The second-order valence-electron chi connectivity index (χ2n) is 8.82. The summed E-state index contributed by atoms with van der Waals surface area (Å²) in [5, 5.41) is 4.31. The molecule has 9 nitrogen and oxygen atoms in total. The maximum Gasteiger partial charge on any atom is 0.280 e. The molecule has 4 heterocycles. The van der Waals surface area contributed by atoms with Gasteiger partial charge < -0.3 is 19.7 Å². The molecule has 1 saturated heterocycles. The first-order valence-electron chi connectivity index (χ1n) is 12.3. The van der Waals surface area contributed by atoms with E-state index in [1.807, 2.05) is 31.0 Å². The van der Waals surface area contributed by atoms with E-state index in [4.69, 9.17) is 4.74 Å². The van der Waals surface area contributed by atoms with Crippen molar-refractivity contribution >= 4 is 34.9 Å². The monoisotopic (exact) mass is 527 g/mol. The zero-order chi connectivity index (χ0) is 25.2. The molecule has 2 aliphatic rings. The molecular formula is C25H33N7O2S2. The smallest absolute Gasteiger partial charge is 0.280 e. The molecule has 0 atom stereocenters. The summed E-state index contributed by atoms with van der Waals surface area (Å²) in [7, 11) is 2.13. The van der Waals surface area contributed by atoms with E-state index in [0.29, 0.717) is 35.7 Å². The Hall–Kier alpha value is -2.76. The van der Waals surface area contributed by atoms with Crippen LogP contribution < -0.4 is 14.8 Å². The van der Waals surface area contributed by atoms with Crippen molar-refractivity contribution < 1.29 is 9.53 Å². The maximum atomic E-state index is 12.3. The van der Waals surface area contributed by atoms with Gasteiger partial charge in [-0.3, -0.25) is 14.8 Å². The molecule has 0 unspecified atom stereocenters. The minimum atomic E-state index is -0.121. The number of ether oxygens (including phenoxy) is 1. The summed E-state index contributed by atoms with van der Waals surface area (Å²) in [5.74, 6) is 0.902. The molecular weight excluding hydrogens is 494 g/mol. The van der Waals surface area contributed by atoms with Crippen LogP contribution in [0.1, 0.15) is 42.4 Å². The molecule has 2 fully saturated rings. The van der Waals surface area contributed by atoms with Gasteiger partial charge in [0.25, 0.3) is 5.91 Å². The van der Waals surface area contributed by atoms with Crippen molar-refractivity contribution in [1.29, 1.82) is 0 Å². The number of thiazole rings is 1. The van der Waals surface area contributed by atoms with E-state index in [1.54, 1.807) is 31.0 Å². The van der Waals surface area contributed by atoms with Crippen LogP contribution in [0.4, 0.5) is 5.69 Å². The maximum absolute atomic E-state index is 12.3. The van der Waals surface area contributed by atoms with Crippen LogP contribution >= 0.6 is 23.3 Å². The molecule has 1 amide bonds. The SMILES string of the molecule is CCOc1cncc(-c2cnc(C(=O)NCC3CCN(C)CC3)s2)n1.c1cc(NSC2CC2)ccn1. The van der Waals surface area contributed by atoms with E-state index in [9.17, 15) is 4.79 Å². The Labute approximate surface area is 220 Å². The van der Waals surface area contributed by atoms with Crippen LogP contribution in [-0.4, -0.2) is 69.3 Å². The zero-order valence-corrected chi connectivity index (χ0v) is 22.4.